The second-order valence-electron chi connectivity index (χ2n) is 7.99. The maximum Gasteiger partial charge on any atom is 0.410 e. The van der Waals surface area contributed by atoms with E-state index in [4.69, 9.17) is 14.6 Å². The van der Waals surface area contributed by atoms with E-state index in [1.165, 1.54) is 6.92 Å². The van der Waals surface area contributed by atoms with Gasteiger partial charge in [-0.1, -0.05) is 6.92 Å². The molecular formula is C20H28N2O6. The third-order valence-corrected chi connectivity index (χ3v) is 4.23. The minimum Gasteiger partial charge on any atom is -0.480 e. The topological polar surface area (TPSA) is 105 Å². The lowest BCUT2D eigenvalue weighted by Gasteiger charge is -2.27. The summed E-state index contributed by atoms with van der Waals surface area (Å²) < 4.78 is 10.8. The zero-order chi connectivity index (χ0) is 21.1. The van der Waals surface area contributed by atoms with Crippen molar-refractivity contribution in [2.45, 2.75) is 52.6 Å². The van der Waals surface area contributed by atoms with Crippen LogP contribution in [0.1, 0.15) is 51.7 Å². The standard InChI is InChI=1S/C20H28N2O6/c1-12-10-22(19(26)28-20(3,4)5)7-6-14-8-17(27-11-18(24)25)16(9-15(12)14)21-13(2)23/h8-9,12H,6-7,10-11H2,1-5H3,(H,21,23)(H,24,25). The summed E-state index contributed by atoms with van der Waals surface area (Å²) in [5, 5.41) is 11.6. The van der Waals surface area contributed by atoms with E-state index in [9.17, 15) is 14.4 Å². The monoisotopic (exact) mass is 392 g/mol. The number of nitrogens with one attached hydrogen (secondary N) is 1. The number of ether oxygens (including phenoxy) is 2. The molecule has 0 aromatic heterocycles. The highest BCUT2D eigenvalue weighted by atomic mass is 16.6. The number of nitrogens with zero attached hydrogens (tertiary/aromatic N) is 1. The smallest absolute Gasteiger partial charge is 0.410 e. The minimum atomic E-state index is -1.10. The predicted octanol–water partition coefficient (Wildman–Crippen LogP) is 3.01. The van der Waals surface area contributed by atoms with E-state index in [1.54, 1.807) is 17.0 Å². The first-order valence-electron chi connectivity index (χ1n) is 9.23. The van der Waals surface area contributed by atoms with E-state index in [0.29, 0.717) is 30.9 Å². The van der Waals surface area contributed by atoms with Crippen molar-refractivity contribution < 1.29 is 29.0 Å². The SMILES string of the molecule is CC(=O)Nc1cc2c(cc1OCC(=O)O)CCN(C(=O)OC(C)(C)C)CC2C. The number of carbonyl (C=O) groups excluding carboxylic acids is 2. The molecule has 8 heteroatoms. The molecule has 1 aromatic rings. The Morgan fingerprint density at radius 1 is 1.29 bits per heavy atom. The van der Waals surface area contributed by atoms with Crippen LogP contribution in [-0.2, 0) is 20.7 Å². The molecule has 154 valence electrons. The fraction of sp³-hybridized carbons (Fsp3) is 0.550. The Bertz CT molecular complexity index is 769. The lowest BCUT2D eigenvalue weighted by atomic mass is 9.94. The molecule has 2 amide bonds. The summed E-state index contributed by atoms with van der Waals surface area (Å²) in [5.41, 5.74) is 1.78. The normalized spacial score (nSPS) is 16.6. The molecular weight excluding hydrogens is 364 g/mol. The van der Waals surface area contributed by atoms with Gasteiger partial charge in [0.2, 0.25) is 5.91 Å². The zero-order valence-electron chi connectivity index (χ0n) is 17.0. The van der Waals surface area contributed by atoms with Gasteiger partial charge in [0.1, 0.15) is 11.4 Å². The van der Waals surface area contributed by atoms with Crippen molar-refractivity contribution in [3.63, 3.8) is 0 Å². The van der Waals surface area contributed by atoms with Gasteiger partial charge < -0.3 is 24.8 Å². The fourth-order valence-electron chi connectivity index (χ4n) is 3.13. The van der Waals surface area contributed by atoms with Gasteiger partial charge in [0.05, 0.1) is 5.69 Å². The van der Waals surface area contributed by atoms with Gasteiger partial charge in [0.15, 0.2) is 6.61 Å². The van der Waals surface area contributed by atoms with Crippen LogP contribution in [0.25, 0.3) is 0 Å². The van der Waals surface area contributed by atoms with E-state index in [-0.39, 0.29) is 17.9 Å². The average Bonchev–Trinajstić information content (AvgIpc) is 2.70. The molecule has 1 aliphatic rings. The molecule has 0 aliphatic carbocycles. The van der Waals surface area contributed by atoms with E-state index in [2.05, 4.69) is 5.32 Å². The molecule has 1 aromatic carbocycles. The number of fused-ring (bicyclic) bond motifs is 1. The summed E-state index contributed by atoms with van der Waals surface area (Å²) in [4.78, 5) is 36.6. The zero-order valence-corrected chi connectivity index (χ0v) is 17.0. The fourth-order valence-corrected chi connectivity index (χ4v) is 3.13. The maximum atomic E-state index is 12.5. The first-order valence-corrected chi connectivity index (χ1v) is 9.23. The maximum absolute atomic E-state index is 12.5. The van der Waals surface area contributed by atoms with Gasteiger partial charge in [-0.15, -0.1) is 0 Å². The summed E-state index contributed by atoms with van der Waals surface area (Å²) >= 11 is 0. The number of anilines is 1. The molecule has 1 unspecified atom stereocenters. The van der Waals surface area contributed by atoms with Crippen molar-refractivity contribution in [2.24, 2.45) is 0 Å². The van der Waals surface area contributed by atoms with E-state index in [0.717, 1.165) is 11.1 Å². The molecule has 0 fully saturated rings. The minimum absolute atomic E-state index is 0.00560. The van der Waals surface area contributed by atoms with E-state index >= 15 is 0 Å². The lowest BCUT2D eigenvalue weighted by molar-refractivity contribution is -0.139. The molecule has 0 radical (unpaired) electrons. The molecule has 8 nitrogen and oxygen atoms in total. The molecule has 28 heavy (non-hydrogen) atoms. The number of amides is 2. The molecule has 0 saturated heterocycles. The van der Waals surface area contributed by atoms with Gasteiger partial charge in [-0.25, -0.2) is 9.59 Å². The van der Waals surface area contributed by atoms with Crippen LogP contribution in [0.15, 0.2) is 12.1 Å². The van der Waals surface area contributed by atoms with Gasteiger partial charge in [-0.2, -0.15) is 0 Å². The van der Waals surface area contributed by atoms with Crippen molar-refractivity contribution in [1.29, 1.82) is 0 Å². The number of hydrogen-bond acceptors (Lipinski definition) is 5. The first-order chi connectivity index (χ1) is 13.0. The van der Waals surface area contributed by atoms with Gasteiger partial charge in [0.25, 0.3) is 0 Å². The van der Waals surface area contributed by atoms with Gasteiger partial charge in [0, 0.05) is 20.0 Å². The van der Waals surface area contributed by atoms with Crippen LogP contribution < -0.4 is 10.1 Å². The number of benzene rings is 1. The van der Waals surface area contributed by atoms with Crippen molar-refractivity contribution in [2.75, 3.05) is 25.0 Å². The summed E-state index contributed by atoms with van der Waals surface area (Å²) in [7, 11) is 0. The van der Waals surface area contributed by atoms with Crippen LogP contribution in [0, 0.1) is 0 Å². The van der Waals surface area contributed by atoms with Crippen LogP contribution in [0.2, 0.25) is 0 Å². The van der Waals surface area contributed by atoms with E-state index in [1.807, 2.05) is 27.7 Å². The quantitative estimate of drug-likeness (QED) is 0.816. The first kappa shape index (κ1) is 21.5. The third-order valence-electron chi connectivity index (χ3n) is 4.23. The Morgan fingerprint density at radius 2 is 1.96 bits per heavy atom. The number of carboxylic acids is 1. The Morgan fingerprint density at radius 3 is 2.54 bits per heavy atom. The van der Waals surface area contributed by atoms with Crippen LogP contribution in [0.4, 0.5) is 10.5 Å². The molecule has 2 rings (SSSR count). The Kier molecular flexibility index (Phi) is 6.53. The Hall–Kier alpha value is -2.77. The van der Waals surface area contributed by atoms with Crippen molar-refractivity contribution in [1.82, 2.24) is 4.90 Å². The number of carboxylic acid groups (broad SMARTS) is 1. The molecule has 0 saturated carbocycles. The molecule has 1 aliphatic heterocycles. The number of hydrogen-bond donors (Lipinski definition) is 2. The Labute approximate surface area is 164 Å². The van der Waals surface area contributed by atoms with Crippen LogP contribution in [-0.4, -0.2) is 53.3 Å². The van der Waals surface area contributed by atoms with Crippen LogP contribution in [0.3, 0.4) is 0 Å². The second kappa shape index (κ2) is 8.50. The second-order valence-corrected chi connectivity index (χ2v) is 7.99. The highest BCUT2D eigenvalue weighted by Crippen LogP contribution is 2.35. The van der Waals surface area contributed by atoms with Crippen LogP contribution >= 0.6 is 0 Å². The third kappa shape index (κ3) is 5.87. The molecule has 1 atom stereocenters. The lowest BCUT2D eigenvalue weighted by Crippen LogP contribution is -2.38. The highest BCUT2D eigenvalue weighted by molar-refractivity contribution is 5.90. The average molecular weight is 392 g/mol. The summed E-state index contributed by atoms with van der Waals surface area (Å²) in [6.07, 6.45) is 0.208. The number of aliphatic carboxylic acids is 1. The van der Waals surface area contributed by atoms with Crippen molar-refractivity contribution >= 4 is 23.7 Å². The van der Waals surface area contributed by atoms with Gasteiger partial charge in [-0.05, 0) is 56.4 Å². The number of rotatable bonds is 4. The summed E-state index contributed by atoms with van der Waals surface area (Å²) in [6, 6.07) is 3.55. The number of carbonyl (C=O) groups is 3. The Balaban J connectivity index is 2.31. The van der Waals surface area contributed by atoms with E-state index < -0.39 is 18.2 Å². The van der Waals surface area contributed by atoms with Crippen LogP contribution in [0.5, 0.6) is 5.75 Å². The largest absolute Gasteiger partial charge is 0.480 e. The summed E-state index contributed by atoms with van der Waals surface area (Å²) in [6.45, 7) is 9.30. The van der Waals surface area contributed by atoms with Gasteiger partial charge >= 0.3 is 12.1 Å². The predicted molar refractivity (Wildman–Crippen MR) is 104 cm³/mol. The molecule has 0 spiro atoms. The van der Waals surface area contributed by atoms with Crippen molar-refractivity contribution in [3.8, 4) is 5.75 Å². The molecule has 1 heterocycles. The molecule has 0 bridgehead atoms. The van der Waals surface area contributed by atoms with Gasteiger partial charge in [-0.3, -0.25) is 4.79 Å². The summed E-state index contributed by atoms with van der Waals surface area (Å²) in [5.74, 6) is -1.08. The van der Waals surface area contributed by atoms with Crippen molar-refractivity contribution in [3.05, 3.63) is 23.3 Å². The molecule has 2 N–H and O–H groups in total. The highest BCUT2D eigenvalue weighted by Gasteiger charge is 2.28.